The second kappa shape index (κ2) is 10.8. The summed E-state index contributed by atoms with van der Waals surface area (Å²) in [5, 5.41) is 1.14. The number of hydrogen-bond acceptors (Lipinski definition) is 5. The van der Waals surface area contributed by atoms with Crippen LogP contribution in [0.25, 0.3) is 85.1 Å². The monoisotopic (exact) mass is 645 g/mol. The normalized spacial score (nSPS) is 14.1. The molecule has 50 heavy (non-hydrogen) atoms. The van der Waals surface area contributed by atoms with Gasteiger partial charge in [0.05, 0.1) is 11.2 Å². The van der Waals surface area contributed by atoms with E-state index in [9.17, 15) is 0 Å². The van der Waals surface area contributed by atoms with Crippen molar-refractivity contribution in [3.05, 3.63) is 150 Å². The summed E-state index contributed by atoms with van der Waals surface area (Å²) in [6, 6.07) is 37.9. The molecule has 10 rings (SSSR count). The SMILES string of the molecule is CC1(C)c2ccc(-n3c4c(c5cc(-c6nc(-c7ccccc7)nc(-c7ccccc7)n6)ccc53)C=CCC=C4)cc2-c2c1ccc1ncoc21. The molecule has 0 N–H and O–H groups in total. The first-order chi connectivity index (χ1) is 24.5. The van der Waals surface area contributed by atoms with Crippen molar-refractivity contribution < 1.29 is 4.42 Å². The number of allylic oxidation sites excluding steroid dienone is 2. The van der Waals surface area contributed by atoms with E-state index in [4.69, 9.17) is 19.4 Å². The highest BCUT2D eigenvalue weighted by molar-refractivity contribution is 6.00. The van der Waals surface area contributed by atoms with Crippen LogP contribution < -0.4 is 0 Å². The number of benzene rings is 5. The lowest BCUT2D eigenvalue weighted by Gasteiger charge is -2.21. The van der Waals surface area contributed by atoms with Gasteiger partial charge in [-0.25, -0.2) is 19.9 Å². The van der Waals surface area contributed by atoms with E-state index in [0.717, 1.165) is 62.1 Å². The minimum absolute atomic E-state index is 0.154. The standard InChI is InChI=1S/C44H31N5O/c1-44(2)34-20-19-30(25-33(34)39-35(44)21-22-36-40(39)50-26-45-36)49-37-17-11-5-10-16-31(37)32-24-29(18-23-38(32)49)43-47-41(27-12-6-3-7-13-27)46-42(48-43)28-14-8-4-9-15-28/h3-4,6-26H,5H2,1-2H3. The summed E-state index contributed by atoms with van der Waals surface area (Å²) in [6.07, 6.45) is 11.4. The van der Waals surface area contributed by atoms with Gasteiger partial charge in [-0.05, 0) is 65.6 Å². The molecule has 2 aliphatic rings. The molecule has 0 unspecified atom stereocenters. The van der Waals surface area contributed by atoms with E-state index in [0.29, 0.717) is 17.5 Å². The Balaban J connectivity index is 1.18. The summed E-state index contributed by atoms with van der Waals surface area (Å²) in [5.74, 6) is 1.94. The predicted molar refractivity (Wildman–Crippen MR) is 201 cm³/mol. The first kappa shape index (κ1) is 28.6. The fourth-order valence-electron chi connectivity index (χ4n) is 7.76. The Bertz CT molecular complexity index is 2640. The number of aromatic nitrogens is 5. The largest absolute Gasteiger partial charge is 0.443 e. The minimum atomic E-state index is -0.154. The van der Waals surface area contributed by atoms with Crippen LogP contribution in [0.15, 0.2) is 132 Å². The summed E-state index contributed by atoms with van der Waals surface area (Å²) in [4.78, 5) is 19.4. The molecule has 8 aromatic rings. The van der Waals surface area contributed by atoms with Crippen LogP contribution in [0.1, 0.15) is 42.7 Å². The maximum atomic E-state index is 5.99. The molecular formula is C44H31N5O. The number of oxazole rings is 1. The van der Waals surface area contributed by atoms with Crippen LogP contribution in [-0.2, 0) is 5.41 Å². The van der Waals surface area contributed by atoms with Crippen LogP contribution in [-0.4, -0.2) is 24.5 Å². The van der Waals surface area contributed by atoms with Crippen LogP contribution >= 0.6 is 0 Å². The first-order valence-corrected chi connectivity index (χ1v) is 17.0. The lowest BCUT2D eigenvalue weighted by molar-refractivity contribution is 0.601. The van der Waals surface area contributed by atoms with Crippen LogP contribution in [0.5, 0.6) is 0 Å². The third-order valence-corrected chi connectivity index (χ3v) is 10.2. The molecule has 0 saturated heterocycles. The van der Waals surface area contributed by atoms with Crippen LogP contribution in [0.3, 0.4) is 0 Å². The van der Waals surface area contributed by atoms with E-state index in [1.807, 2.05) is 60.7 Å². The van der Waals surface area contributed by atoms with Gasteiger partial charge in [0.25, 0.3) is 0 Å². The molecule has 0 saturated carbocycles. The molecule has 3 aromatic heterocycles. The van der Waals surface area contributed by atoms with Crippen molar-refractivity contribution in [2.75, 3.05) is 0 Å². The van der Waals surface area contributed by atoms with Gasteiger partial charge in [0, 0.05) is 44.3 Å². The molecule has 6 nitrogen and oxygen atoms in total. The number of hydrogen-bond donors (Lipinski definition) is 0. The van der Waals surface area contributed by atoms with Gasteiger partial charge < -0.3 is 8.98 Å². The number of rotatable bonds is 4. The van der Waals surface area contributed by atoms with Crippen molar-refractivity contribution >= 4 is 34.2 Å². The molecule has 0 fully saturated rings. The van der Waals surface area contributed by atoms with Crippen LogP contribution in [0.2, 0.25) is 0 Å². The third-order valence-electron chi connectivity index (χ3n) is 10.2. The summed E-state index contributed by atoms with van der Waals surface area (Å²) in [7, 11) is 0. The van der Waals surface area contributed by atoms with Crippen molar-refractivity contribution in [2.24, 2.45) is 0 Å². The van der Waals surface area contributed by atoms with Crippen molar-refractivity contribution in [2.45, 2.75) is 25.7 Å². The Morgan fingerprint density at radius 1 is 0.660 bits per heavy atom. The van der Waals surface area contributed by atoms with Gasteiger partial charge in [-0.15, -0.1) is 0 Å². The molecule has 238 valence electrons. The van der Waals surface area contributed by atoms with Crippen LogP contribution in [0, 0.1) is 0 Å². The smallest absolute Gasteiger partial charge is 0.182 e. The zero-order valence-corrected chi connectivity index (χ0v) is 27.6. The van der Waals surface area contributed by atoms with Crippen LogP contribution in [0.4, 0.5) is 0 Å². The molecule has 5 aromatic carbocycles. The van der Waals surface area contributed by atoms with Gasteiger partial charge in [-0.3, -0.25) is 0 Å². The first-order valence-electron chi connectivity index (χ1n) is 17.0. The van der Waals surface area contributed by atoms with Gasteiger partial charge >= 0.3 is 0 Å². The molecule has 2 aliphatic carbocycles. The van der Waals surface area contributed by atoms with Gasteiger partial charge in [0.15, 0.2) is 29.4 Å². The average molecular weight is 646 g/mol. The number of nitrogens with zero attached hydrogens (tertiary/aromatic N) is 5. The summed E-state index contributed by atoms with van der Waals surface area (Å²) in [5.41, 5.74) is 13.8. The Morgan fingerprint density at radius 3 is 2.08 bits per heavy atom. The molecular weight excluding hydrogens is 615 g/mol. The molecule has 0 spiro atoms. The Hall–Kier alpha value is -6.40. The topological polar surface area (TPSA) is 69.6 Å². The Kier molecular flexibility index (Phi) is 6.18. The highest BCUT2D eigenvalue weighted by atomic mass is 16.3. The molecule has 0 bridgehead atoms. The van der Waals surface area contributed by atoms with E-state index in [-0.39, 0.29) is 5.41 Å². The predicted octanol–water partition coefficient (Wildman–Crippen LogP) is 10.7. The van der Waals surface area contributed by atoms with Gasteiger partial charge in [0.1, 0.15) is 5.52 Å². The fraction of sp³-hybridized carbons (Fsp3) is 0.0909. The van der Waals surface area contributed by atoms with E-state index < -0.39 is 0 Å². The minimum Gasteiger partial charge on any atom is -0.443 e. The second-order valence-electron chi connectivity index (χ2n) is 13.5. The molecule has 3 heterocycles. The fourth-order valence-corrected chi connectivity index (χ4v) is 7.76. The maximum absolute atomic E-state index is 5.99. The second-order valence-corrected chi connectivity index (χ2v) is 13.5. The van der Waals surface area contributed by atoms with Gasteiger partial charge in [-0.2, -0.15) is 0 Å². The molecule has 0 amide bonds. The van der Waals surface area contributed by atoms with Gasteiger partial charge in [-0.1, -0.05) is 105 Å². The highest BCUT2D eigenvalue weighted by Gasteiger charge is 2.38. The average Bonchev–Trinajstić information content (AvgIpc) is 3.76. The summed E-state index contributed by atoms with van der Waals surface area (Å²) in [6.45, 7) is 4.58. The molecule has 0 radical (unpaired) electrons. The van der Waals surface area contributed by atoms with E-state index in [1.165, 1.54) is 22.3 Å². The van der Waals surface area contributed by atoms with Crippen molar-refractivity contribution in [1.82, 2.24) is 24.5 Å². The molecule has 0 atom stereocenters. The highest BCUT2D eigenvalue weighted by Crippen LogP contribution is 2.52. The lowest BCUT2D eigenvalue weighted by Crippen LogP contribution is -2.14. The summed E-state index contributed by atoms with van der Waals surface area (Å²) < 4.78 is 8.37. The zero-order chi connectivity index (χ0) is 33.4. The molecule has 0 aliphatic heterocycles. The Labute approximate surface area is 289 Å². The van der Waals surface area contributed by atoms with E-state index in [1.54, 1.807) is 6.39 Å². The summed E-state index contributed by atoms with van der Waals surface area (Å²) >= 11 is 0. The van der Waals surface area contributed by atoms with Gasteiger partial charge in [0.2, 0.25) is 0 Å². The van der Waals surface area contributed by atoms with Crippen molar-refractivity contribution in [3.8, 4) is 51.0 Å². The quantitative estimate of drug-likeness (QED) is 0.190. The van der Waals surface area contributed by atoms with E-state index >= 15 is 0 Å². The van der Waals surface area contributed by atoms with Crippen molar-refractivity contribution in [1.29, 1.82) is 0 Å². The zero-order valence-electron chi connectivity index (χ0n) is 27.6. The lowest BCUT2D eigenvalue weighted by atomic mass is 9.82. The van der Waals surface area contributed by atoms with E-state index in [2.05, 4.69) is 96.2 Å². The number of fused-ring (bicyclic) bond motifs is 8. The maximum Gasteiger partial charge on any atom is 0.182 e. The molecule has 6 heteroatoms. The Morgan fingerprint density at radius 2 is 1.34 bits per heavy atom. The van der Waals surface area contributed by atoms with Crippen molar-refractivity contribution in [3.63, 3.8) is 0 Å². The third kappa shape index (κ3) is 4.28.